The Labute approximate surface area is 168 Å². The molecule has 4 unspecified atom stereocenters. The molecule has 12 heteroatoms. The molecule has 0 aliphatic carbocycles. The Balaban J connectivity index is 5.36. The van der Waals surface area contributed by atoms with Gasteiger partial charge in [-0.05, 0) is 19.3 Å². The van der Waals surface area contributed by atoms with Gasteiger partial charge in [-0.1, -0.05) is 13.8 Å². The van der Waals surface area contributed by atoms with Gasteiger partial charge in [-0.3, -0.25) is 19.2 Å². The molecule has 0 radical (unpaired) electrons. The first kappa shape index (κ1) is 25.7. The Morgan fingerprint density at radius 2 is 1.36 bits per heavy atom. The Bertz CT molecular complexity index is 598. The molecule has 0 fully saturated rings. The third kappa shape index (κ3) is 9.55. The SMILES string of the molecule is CC(C)CC(NC(=O)C(CC(N)=O)NC(=O)C(C)N)C(=O)NC(CS)C(=O)O. The molecule has 0 aliphatic heterocycles. The first-order chi connectivity index (χ1) is 12.9. The maximum Gasteiger partial charge on any atom is 0.327 e. The van der Waals surface area contributed by atoms with Crippen LogP contribution in [0.1, 0.15) is 33.6 Å². The Morgan fingerprint density at radius 3 is 1.75 bits per heavy atom. The predicted molar refractivity (Wildman–Crippen MR) is 104 cm³/mol. The molecule has 8 N–H and O–H groups in total. The summed E-state index contributed by atoms with van der Waals surface area (Å²) in [4.78, 5) is 59.1. The summed E-state index contributed by atoms with van der Waals surface area (Å²) in [5.74, 6) is -4.48. The minimum absolute atomic E-state index is 0.0245. The van der Waals surface area contributed by atoms with E-state index in [0.29, 0.717) is 0 Å². The van der Waals surface area contributed by atoms with Gasteiger partial charge in [0, 0.05) is 5.75 Å². The van der Waals surface area contributed by atoms with E-state index >= 15 is 0 Å². The van der Waals surface area contributed by atoms with Crippen molar-refractivity contribution in [3.05, 3.63) is 0 Å². The van der Waals surface area contributed by atoms with Gasteiger partial charge in [0.05, 0.1) is 12.5 Å². The van der Waals surface area contributed by atoms with Gasteiger partial charge in [0.15, 0.2) is 0 Å². The Hall–Kier alpha value is -2.34. The number of rotatable bonds is 12. The largest absolute Gasteiger partial charge is 0.480 e. The van der Waals surface area contributed by atoms with E-state index in [-0.39, 0.29) is 18.1 Å². The van der Waals surface area contributed by atoms with Crippen LogP contribution in [0.3, 0.4) is 0 Å². The molecule has 0 aliphatic rings. The fraction of sp³-hybridized carbons (Fsp3) is 0.688. The quantitative estimate of drug-likeness (QED) is 0.173. The van der Waals surface area contributed by atoms with E-state index in [2.05, 4.69) is 28.6 Å². The number of aliphatic carboxylic acids is 1. The van der Waals surface area contributed by atoms with Crippen LogP contribution in [0.2, 0.25) is 0 Å². The number of hydrogen-bond acceptors (Lipinski definition) is 7. The third-order valence-electron chi connectivity index (χ3n) is 3.59. The molecule has 11 nitrogen and oxygen atoms in total. The summed E-state index contributed by atoms with van der Waals surface area (Å²) in [5.41, 5.74) is 10.6. The van der Waals surface area contributed by atoms with E-state index in [1.165, 1.54) is 6.92 Å². The van der Waals surface area contributed by atoms with Gasteiger partial charge in [0.2, 0.25) is 23.6 Å². The maximum atomic E-state index is 12.5. The number of carbonyl (C=O) groups excluding carboxylic acids is 4. The zero-order chi connectivity index (χ0) is 22.0. The van der Waals surface area contributed by atoms with E-state index < -0.39 is 60.2 Å². The van der Waals surface area contributed by atoms with Crippen molar-refractivity contribution in [3.8, 4) is 0 Å². The second-order valence-corrected chi connectivity index (χ2v) is 7.16. The smallest absolute Gasteiger partial charge is 0.327 e. The van der Waals surface area contributed by atoms with E-state index in [9.17, 15) is 24.0 Å². The molecule has 0 bridgehead atoms. The van der Waals surface area contributed by atoms with Crippen molar-refractivity contribution in [1.29, 1.82) is 0 Å². The highest BCUT2D eigenvalue weighted by Gasteiger charge is 2.30. The highest BCUT2D eigenvalue weighted by atomic mass is 32.1. The van der Waals surface area contributed by atoms with Gasteiger partial charge in [0.1, 0.15) is 18.1 Å². The molecule has 0 saturated heterocycles. The van der Waals surface area contributed by atoms with Crippen LogP contribution in [0, 0.1) is 5.92 Å². The number of hydrogen-bond donors (Lipinski definition) is 7. The standard InChI is InChI=1S/C16H29N5O6S/c1-7(2)4-9(14(24)21-11(6-28)16(26)27)20-15(25)10(5-12(18)22)19-13(23)8(3)17/h7-11,28H,4-6,17H2,1-3H3,(H2,18,22)(H,19,23)(H,20,25)(H,21,24)(H,26,27). The Kier molecular flexibility index (Phi) is 11.2. The molecule has 0 aromatic heterocycles. The minimum atomic E-state index is -1.32. The van der Waals surface area contributed by atoms with Gasteiger partial charge in [0.25, 0.3) is 0 Å². The normalized spacial score (nSPS) is 15.1. The highest BCUT2D eigenvalue weighted by molar-refractivity contribution is 7.80. The van der Waals surface area contributed by atoms with E-state index in [1.807, 2.05) is 0 Å². The topological polar surface area (TPSA) is 194 Å². The van der Waals surface area contributed by atoms with Crippen LogP contribution < -0.4 is 27.4 Å². The lowest BCUT2D eigenvalue weighted by molar-refractivity contribution is -0.141. The van der Waals surface area contributed by atoms with Gasteiger partial charge < -0.3 is 32.5 Å². The second kappa shape index (κ2) is 12.2. The maximum absolute atomic E-state index is 12.5. The number of carboxylic acids is 1. The Morgan fingerprint density at radius 1 is 0.893 bits per heavy atom. The molecule has 160 valence electrons. The molecule has 4 amide bonds. The fourth-order valence-electron chi connectivity index (χ4n) is 2.15. The molecular formula is C16H29N5O6S. The molecule has 0 rings (SSSR count). The summed E-state index contributed by atoms with van der Waals surface area (Å²) in [6.07, 6.45) is -0.296. The number of thiol groups is 1. The summed E-state index contributed by atoms with van der Waals surface area (Å²) in [7, 11) is 0. The summed E-state index contributed by atoms with van der Waals surface area (Å²) in [5, 5.41) is 16.1. The average molecular weight is 420 g/mol. The van der Waals surface area contributed by atoms with Gasteiger partial charge in [-0.2, -0.15) is 12.6 Å². The van der Waals surface area contributed by atoms with Crippen LogP contribution in [-0.4, -0.2) is 64.6 Å². The van der Waals surface area contributed by atoms with Crippen LogP contribution >= 0.6 is 12.6 Å². The van der Waals surface area contributed by atoms with Crippen LogP contribution in [-0.2, 0) is 24.0 Å². The summed E-state index contributed by atoms with van der Waals surface area (Å²) >= 11 is 3.87. The third-order valence-corrected chi connectivity index (χ3v) is 3.95. The van der Waals surface area contributed by atoms with Crippen molar-refractivity contribution in [2.45, 2.75) is 57.8 Å². The van der Waals surface area contributed by atoms with Crippen molar-refractivity contribution < 1.29 is 29.1 Å². The molecule has 0 aromatic rings. The summed E-state index contributed by atoms with van der Waals surface area (Å²) < 4.78 is 0. The number of carboxylic acid groups (broad SMARTS) is 1. The van der Waals surface area contributed by atoms with Crippen molar-refractivity contribution in [2.75, 3.05) is 5.75 Å². The van der Waals surface area contributed by atoms with Gasteiger partial charge >= 0.3 is 5.97 Å². The molecular weight excluding hydrogens is 390 g/mol. The monoisotopic (exact) mass is 419 g/mol. The molecule has 0 heterocycles. The lowest BCUT2D eigenvalue weighted by Crippen LogP contribution is -2.57. The number of nitrogens with two attached hydrogens (primary N) is 2. The molecule has 0 aromatic carbocycles. The van der Waals surface area contributed by atoms with Crippen molar-refractivity contribution >= 4 is 42.2 Å². The molecule has 28 heavy (non-hydrogen) atoms. The number of primary amides is 1. The lowest BCUT2D eigenvalue weighted by atomic mass is 10.0. The number of amides is 4. The van der Waals surface area contributed by atoms with Crippen LogP contribution in [0.25, 0.3) is 0 Å². The predicted octanol–water partition coefficient (Wildman–Crippen LogP) is -2.28. The average Bonchev–Trinajstić information content (AvgIpc) is 2.56. The minimum Gasteiger partial charge on any atom is -0.480 e. The highest BCUT2D eigenvalue weighted by Crippen LogP contribution is 2.07. The van der Waals surface area contributed by atoms with E-state index in [4.69, 9.17) is 16.6 Å². The molecule has 4 atom stereocenters. The van der Waals surface area contributed by atoms with Crippen LogP contribution in [0.5, 0.6) is 0 Å². The van der Waals surface area contributed by atoms with Crippen molar-refractivity contribution in [3.63, 3.8) is 0 Å². The fourth-order valence-corrected chi connectivity index (χ4v) is 2.39. The van der Waals surface area contributed by atoms with E-state index in [1.54, 1.807) is 13.8 Å². The lowest BCUT2D eigenvalue weighted by Gasteiger charge is -2.25. The van der Waals surface area contributed by atoms with Crippen LogP contribution in [0.4, 0.5) is 0 Å². The second-order valence-electron chi connectivity index (χ2n) is 6.79. The molecule has 0 saturated carbocycles. The number of carbonyl (C=O) groups is 5. The summed E-state index contributed by atoms with van der Waals surface area (Å²) in [6, 6.07) is -4.57. The number of nitrogens with one attached hydrogen (secondary N) is 3. The first-order valence-electron chi connectivity index (χ1n) is 8.67. The van der Waals surface area contributed by atoms with Gasteiger partial charge in [-0.25, -0.2) is 4.79 Å². The summed E-state index contributed by atoms with van der Waals surface area (Å²) in [6.45, 7) is 5.00. The van der Waals surface area contributed by atoms with Gasteiger partial charge in [-0.15, -0.1) is 0 Å². The zero-order valence-corrected chi connectivity index (χ0v) is 17.0. The van der Waals surface area contributed by atoms with Crippen molar-refractivity contribution in [1.82, 2.24) is 16.0 Å². The molecule has 0 spiro atoms. The zero-order valence-electron chi connectivity index (χ0n) is 16.1. The first-order valence-corrected chi connectivity index (χ1v) is 9.30. The van der Waals surface area contributed by atoms with Crippen molar-refractivity contribution in [2.24, 2.45) is 17.4 Å². The van der Waals surface area contributed by atoms with E-state index in [0.717, 1.165) is 0 Å². The van der Waals surface area contributed by atoms with Crippen LogP contribution in [0.15, 0.2) is 0 Å².